The molecule has 0 aliphatic carbocycles. The van der Waals surface area contributed by atoms with Gasteiger partial charge in [-0.05, 0) is 37.1 Å². The predicted molar refractivity (Wildman–Crippen MR) is 74.6 cm³/mol. The molecule has 0 saturated carbocycles. The van der Waals surface area contributed by atoms with Gasteiger partial charge in [0.2, 0.25) is 5.91 Å². The van der Waals surface area contributed by atoms with Gasteiger partial charge in [0.1, 0.15) is 0 Å². The van der Waals surface area contributed by atoms with Crippen molar-refractivity contribution in [3.8, 4) is 0 Å². The van der Waals surface area contributed by atoms with Crippen LogP contribution in [-0.4, -0.2) is 26.2 Å². The van der Waals surface area contributed by atoms with Crippen LogP contribution in [0.15, 0.2) is 29.8 Å². The van der Waals surface area contributed by atoms with Gasteiger partial charge in [0, 0.05) is 30.9 Å². The van der Waals surface area contributed by atoms with Crippen LogP contribution < -0.4 is 5.32 Å². The summed E-state index contributed by atoms with van der Waals surface area (Å²) >= 11 is 5.80. The van der Waals surface area contributed by atoms with Crippen molar-refractivity contribution in [3.05, 3.63) is 40.4 Å². The molecule has 1 aromatic rings. The summed E-state index contributed by atoms with van der Waals surface area (Å²) in [6.45, 7) is 3.07. The van der Waals surface area contributed by atoms with Crippen LogP contribution in [0.4, 0.5) is 0 Å². The number of ether oxygens (including phenoxy) is 1. The van der Waals surface area contributed by atoms with Crippen molar-refractivity contribution in [2.45, 2.75) is 13.3 Å². The van der Waals surface area contributed by atoms with E-state index in [0.29, 0.717) is 23.7 Å². The first kappa shape index (κ1) is 14.7. The molecule has 18 heavy (non-hydrogen) atoms. The summed E-state index contributed by atoms with van der Waals surface area (Å²) in [6.07, 6.45) is 2.65. The van der Waals surface area contributed by atoms with Gasteiger partial charge in [-0.2, -0.15) is 0 Å². The summed E-state index contributed by atoms with van der Waals surface area (Å²) in [6, 6.07) is 7.36. The molecule has 0 aliphatic rings. The van der Waals surface area contributed by atoms with E-state index in [0.717, 1.165) is 12.0 Å². The Balaban J connectivity index is 2.49. The van der Waals surface area contributed by atoms with Gasteiger partial charge in [-0.15, -0.1) is 0 Å². The fourth-order valence-electron chi connectivity index (χ4n) is 1.43. The second-order valence-electron chi connectivity index (χ2n) is 3.98. The minimum absolute atomic E-state index is 0.0546. The number of rotatable bonds is 6. The molecule has 1 amide bonds. The molecule has 4 heteroatoms. The summed E-state index contributed by atoms with van der Waals surface area (Å²) in [5, 5.41) is 3.52. The van der Waals surface area contributed by atoms with Gasteiger partial charge in [-0.25, -0.2) is 0 Å². The molecule has 0 unspecified atom stereocenters. The molecule has 0 atom stereocenters. The zero-order valence-corrected chi connectivity index (χ0v) is 11.5. The minimum atomic E-state index is -0.0546. The number of methoxy groups -OCH3 is 1. The topological polar surface area (TPSA) is 38.3 Å². The van der Waals surface area contributed by atoms with E-state index in [-0.39, 0.29) is 5.91 Å². The van der Waals surface area contributed by atoms with Crippen molar-refractivity contribution in [2.24, 2.45) is 0 Å². The minimum Gasteiger partial charge on any atom is -0.385 e. The van der Waals surface area contributed by atoms with Crippen LogP contribution in [0.3, 0.4) is 0 Å². The number of nitrogens with one attached hydrogen (secondary N) is 1. The number of carbonyl (C=O) groups is 1. The molecule has 0 saturated heterocycles. The zero-order chi connectivity index (χ0) is 13.4. The average Bonchev–Trinajstić information content (AvgIpc) is 2.37. The van der Waals surface area contributed by atoms with Crippen molar-refractivity contribution in [1.29, 1.82) is 0 Å². The maximum Gasteiger partial charge on any atom is 0.246 e. The smallest absolute Gasteiger partial charge is 0.246 e. The van der Waals surface area contributed by atoms with Crippen LogP contribution in [0.2, 0.25) is 5.02 Å². The summed E-state index contributed by atoms with van der Waals surface area (Å²) < 4.78 is 4.91. The summed E-state index contributed by atoms with van der Waals surface area (Å²) in [7, 11) is 1.65. The van der Waals surface area contributed by atoms with E-state index in [1.54, 1.807) is 26.2 Å². The molecule has 98 valence electrons. The molecule has 1 rings (SSSR count). The van der Waals surface area contributed by atoms with Crippen molar-refractivity contribution < 1.29 is 9.53 Å². The number of hydrogen-bond acceptors (Lipinski definition) is 2. The van der Waals surface area contributed by atoms with Crippen molar-refractivity contribution in [1.82, 2.24) is 5.32 Å². The van der Waals surface area contributed by atoms with Gasteiger partial charge in [0.05, 0.1) is 0 Å². The molecule has 0 aromatic heterocycles. The van der Waals surface area contributed by atoms with E-state index in [2.05, 4.69) is 5.32 Å². The lowest BCUT2D eigenvalue weighted by molar-refractivity contribution is -0.117. The van der Waals surface area contributed by atoms with Crippen LogP contribution >= 0.6 is 11.6 Å². The fraction of sp³-hybridized carbons (Fsp3) is 0.357. The van der Waals surface area contributed by atoms with Gasteiger partial charge >= 0.3 is 0 Å². The second kappa shape index (κ2) is 7.90. The molecular weight excluding hydrogens is 250 g/mol. The first-order valence-corrected chi connectivity index (χ1v) is 6.22. The summed E-state index contributed by atoms with van der Waals surface area (Å²) in [5.74, 6) is -0.0546. The normalized spacial score (nSPS) is 11.4. The Bertz CT molecular complexity index is 412. The summed E-state index contributed by atoms with van der Waals surface area (Å²) in [5.41, 5.74) is 1.64. The van der Waals surface area contributed by atoms with E-state index in [1.165, 1.54) is 0 Å². The quantitative estimate of drug-likeness (QED) is 0.636. The third-order valence-corrected chi connectivity index (χ3v) is 2.67. The lowest BCUT2D eigenvalue weighted by Gasteiger charge is -2.05. The molecule has 0 radical (unpaired) electrons. The number of hydrogen-bond donors (Lipinski definition) is 1. The maximum atomic E-state index is 11.7. The van der Waals surface area contributed by atoms with E-state index >= 15 is 0 Å². The Hall–Kier alpha value is -1.32. The average molecular weight is 268 g/mol. The Morgan fingerprint density at radius 3 is 2.67 bits per heavy atom. The first-order valence-electron chi connectivity index (χ1n) is 5.84. The molecule has 0 fully saturated rings. The summed E-state index contributed by atoms with van der Waals surface area (Å²) in [4.78, 5) is 11.7. The molecule has 3 nitrogen and oxygen atoms in total. The Kier molecular flexibility index (Phi) is 6.47. The third-order valence-electron chi connectivity index (χ3n) is 2.42. The lowest BCUT2D eigenvalue weighted by Crippen LogP contribution is -2.25. The van der Waals surface area contributed by atoms with Crippen molar-refractivity contribution >= 4 is 23.6 Å². The first-order chi connectivity index (χ1) is 8.63. The predicted octanol–water partition coefficient (Wildman–Crippen LogP) is 2.90. The highest BCUT2D eigenvalue weighted by Crippen LogP contribution is 2.12. The SMILES string of the molecule is COCCCNC(=O)/C(C)=C/c1ccc(Cl)cc1. The van der Waals surface area contributed by atoms with Gasteiger partial charge in [0.15, 0.2) is 0 Å². The van der Waals surface area contributed by atoms with Crippen LogP contribution in [0.5, 0.6) is 0 Å². The van der Waals surface area contributed by atoms with Crippen molar-refractivity contribution in [2.75, 3.05) is 20.3 Å². The number of carbonyl (C=O) groups excluding carboxylic acids is 1. The Morgan fingerprint density at radius 1 is 1.39 bits per heavy atom. The van der Waals surface area contributed by atoms with Gasteiger partial charge in [-0.3, -0.25) is 4.79 Å². The molecule has 0 heterocycles. The molecular formula is C14H18ClNO2. The fourth-order valence-corrected chi connectivity index (χ4v) is 1.56. The van der Waals surface area contributed by atoms with E-state index in [1.807, 2.05) is 18.2 Å². The highest BCUT2D eigenvalue weighted by atomic mass is 35.5. The molecule has 0 aliphatic heterocycles. The van der Waals surface area contributed by atoms with Crippen LogP contribution in [-0.2, 0) is 9.53 Å². The Labute approximate surface area is 113 Å². The van der Waals surface area contributed by atoms with E-state index in [4.69, 9.17) is 16.3 Å². The van der Waals surface area contributed by atoms with Crippen LogP contribution in [0, 0.1) is 0 Å². The molecule has 0 bridgehead atoms. The highest BCUT2D eigenvalue weighted by molar-refractivity contribution is 6.30. The monoisotopic (exact) mass is 267 g/mol. The van der Waals surface area contributed by atoms with Gasteiger partial charge in [0.25, 0.3) is 0 Å². The largest absolute Gasteiger partial charge is 0.385 e. The van der Waals surface area contributed by atoms with Gasteiger partial charge in [-0.1, -0.05) is 23.7 Å². The molecule has 1 N–H and O–H groups in total. The van der Waals surface area contributed by atoms with Crippen LogP contribution in [0.1, 0.15) is 18.9 Å². The maximum absolute atomic E-state index is 11.7. The van der Waals surface area contributed by atoms with Gasteiger partial charge < -0.3 is 10.1 Å². The number of benzene rings is 1. The molecule has 1 aromatic carbocycles. The standard InChI is InChI=1S/C14H18ClNO2/c1-11(14(17)16-8-3-9-18-2)10-12-4-6-13(15)7-5-12/h4-7,10H,3,8-9H2,1-2H3,(H,16,17)/b11-10+. The molecule has 0 spiro atoms. The second-order valence-corrected chi connectivity index (χ2v) is 4.42. The van der Waals surface area contributed by atoms with E-state index < -0.39 is 0 Å². The Morgan fingerprint density at radius 2 is 2.06 bits per heavy atom. The van der Waals surface area contributed by atoms with Crippen molar-refractivity contribution in [3.63, 3.8) is 0 Å². The number of amides is 1. The lowest BCUT2D eigenvalue weighted by atomic mass is 10.1. The van der Waals surface area contributed by atoms with Crippen LogP contribution in [0.25, 0.3) is 6.08 Å². The third kappa shape index (κ3) is 5.34. The van der Waals surface area contributed by atoms with E-state index in [9.17, 15) is 4.79 Å². The number of halogens is 1. The zero-order valence-electron chi connectivity index (χ0n) is 10.7. The highest BCUT2D eigenvalue weighted by Gasteiger charge is 2.03.